The molecule has 154 valence electrons. The molecule has 0 aliphatic carbocycles. The van der Waals surface area contributed by atoms with E-state index in [-0.39, 0.29) is 87.3 Å². The number of nitrogens with zero attached hydrogens (tertiary/aromatic N) is 1. The predicted octanol–water partition coefficient (Wildman–Crippen LogP) is -4.34. The molecule has 30 heavy (non-hydrogen) atoms. The first-order chi connectivity index (χ1) is 13.8. The molecular formula is C19H20KN3O6S. The Balaban J connectivity index is 0.00000320. The number of rotatable bonds is 7. The first-order valence-corrected chi connectivity index (χ1v) is 9.96. The molecule has 3 N–H and O–H groups in total. The van der Waals surface area contributed by atoms with E-state index in [1.54, 1.807) is 12.1 Å². The van der Waals surface area contributed by atoms with Gasteiger partial charge in [0.25, 0.3) is 5.91 Å². The quantitative estimate of drug-likeness (QED) is 0.238. The second kappa shape index (κ2) is 10.9. The van der Waals surface area contributed by atoms with Crippen LogP contribution in [0, 0.1) is 0 Å². The summed E-state index contributed by atoms with van der Waals surface area (Å²) in [4.78, 5) is 48.6. The van der Waals surface area contributed by atoms with Crippen molar-refractivity contribution in [3.8, 4) is 0 Å². The van der Waals surface area contributed by atoms with Crippen LogP contribution in [0.3, 0.4) is 0 Å². The number of carbonyl (C=O) groups is 4. The van der Waals surface area contributed by atoms with Crippen molar-refractivity contribution in [2.24, 2.45) is 5.73 Å². The van der Waals surface area contributed by atoms with E-state index in [1.807, 2.05) is 12.1 Å². The summed E-state index contributed by atoms with van der Waals surface area (Å²) >= 11 is 1.29. The first kappa shape index (κ1) is 25.1. The molecule has 0 aromatic heterocycles. The van der Waals surface area contributed by atoms with Crippen molar-refractivity contribution < 1.29 is 80.4 Å². The zero-order valence-electron chi connectivity index (χ0n) is 16.7. The van der Waals surface area contributed by atoms with Crippen LogP contribution in [0.5, 0.6) is 0 Å². The van der Waals surface area contributed by atoms with Crippen LogP contribution in [0.15, 0.2) is 35.5 Å². The van der Waals surface area contributed by atoms with Crippen molar-refractivity contribution in [1.82, 2.24) is 10.2 Å². The molecule has 1 aromatic carbocycles. The van der Waals surface area contributed by atoms with Crippen LogP contribution in [0.4, 0.5) is 0 Å². The monoisotopic (exact) mass is 457 g/mol. The number of carbonyl (C=O) groups excluding carboxylic acids is 4. The van der Waals surface area contributed by atoms with Gasteiger partial charge in [-0.25, -0.2) is 0 Å². The second-order valence-corrected chi connectivity index (χ2v) is 7.73. The molecule has 0 radical (unpaired) electrons. The maximum absolute atomic E-state index is 12.6. The number of hydrogen-bond acceptors (Lipinski definition) is 8. The number of β-lactam (4-membered cyclic amide) rings is 1. The average molecular weight is 458 g/mol. The fraction of sp³-hybridized carbons (Fsp3) is 0.368. The van der Waals surface area contributed by atoms with Gasteiger partial charge in [-0.2, -0.15) is 0 Å². The summed E-state index contributed by atoms with van der Waals surface area (Å²) in [6.07, 6.45) is 0.0649. The van der Waals surface area contributed by atoms with Crippen molar-refractivity contribution in [3.05, 3.63) is 46.7 Å². The van der Waals surface area contributed by atoms with Gasteiger partial charge in [0.05, 0.1) is 18.1 Å². The van der Waals surface area contributed by atoms with Gasteiger partial charge in [0.15, 0.2) is 0 Å². The number of amides is 2. The van der Waals surface area contributed by atoms with Gasteiger partial charge in [0.2, 0.25) is 5.91 Å². The Kier molecular flexibility index (Phi) is 9.09. The van der Waals surface area contributed by atoms with E-state index in [2.05, 4.69) is 5.32 Å². The van der Waals surface area contributed by atoms with Gasteiger partial charge in [-0.05, 0) is 11.1 Å². The van der Waals surface area contributed by atoms with Gasteiger partial charge in [0, 0.05) is 24.8 Å². The Labute approximate surface area is 220 Å². The third-order valence-corrected chi connectivity index (χ3v) is 6.04. The summed E-state index contributed by atoms with van der Waals surface area (Å²) in [5, 5.41) is 13.7. The second-order valence-electron chi connectivity index (χ2n) is 6.62. The molecule has 2 heterocycles. The minimum absolute atomic E-state index is 0. The van der Waals surface area contributed by atoms with Crippen LogP contribution in [0.25, 0.3) is 0 Å². The topological polar surface area (TPSA) is 142 Å². The molecule has 11 heteroatoms. The first-order valence-electron chi connectivity index (χ1n) is 8.91. The summed E-state index contributed by atoms with van der Waals surface area (Å²) in [6, 6.07) is 6.43. The smallest absolute Gasteiger partial charge is 0.543 e. The van der Waals surface area contributed by atoms with Crippen LogP contribution in [0.1, 0.15) is 18.1 Å². The molecule has 0 bridgehead atoms. The zero-order chi connectivity index (χ0) is 21.1. The average Bonchev–Trinajstić information content (AvgIpc) is 2.69. The number of nitrogens with one attached hydrogen (secondary N) is 1. The molecule has 0 saturated carbocycles. The summed E-state index contributed by atoms with van der Waals surface area (Å²) in [5.41, 5.74) is 7.29. The van der Waals surface area contributed by atoms with E-state index in [1.165, 1.54) is 18.7 Å². The van der Waals surface area contributed by atoms with Gasteiger partial charge in [-0.15, -0.1) is 11.8 Å². The molecule has 0 unspecified atom stereocenters. The van der Waals surface area contributed by atoms with Crippen LogP contribution in [-0.4, -0.2) is 52.4 Å². The molecule has 1 fully saturated rings. The number of nitrogens with two attached hydrogens (primary N) is 1. The predicted molar refractivity (Wildman–Crippen MR) is 102 cm³/mol. The number of hydrogen-bond donors (Lipinski definition) is 2. The Morgan fingerprint density at radius 1 is 1.30 bits per heavy atom. The molecule has 2 aliphatic heterocycles. The number of carboxylic acids is 1. The van der Waals surface area contributed by atoms with Crippen molar-refractivity contribution in [1.29, 1.82) is 0 Å². The van der Waals surface area contributed by atoms with Gasteiger partial charge >= 0.3 is 57.4 Å². The normalized spacial score (nSPS) is 19.9. The molecule has 1 saturated heterocycles. The third kappa shape index (κ3) is 5.33. The molecule has 0 spiro atoms. The van der Waals surface area contributed by atoms with E-state index >= 15 is 0 Å². The van der Waals surface area contributed by atoms with Crippen molar-refractivity contribution in [2.75, 3.05) is 12.4 Å². The Bertz CT molecular complexity index is 906. The van der Waals surface area contributed by atoms with E-state index in [9.17, 15) is 24.3 Å². The molecule has 1 aromatic rings. The van der Waals surface area contributed by atoms with Crippen LogP contribution in [-0.2, 0) is 36.9 Å². The number of fused-ring (bicyclic) bond motifs is 1. The number of esters is 1. The number of benzene rings is 1. The minimum atomic E-state index is -1.52. The fourth-order valence-corrected chi connectivity index (χ4v) is 4.63. The van der Waals surface area contributed by atoms with E-state index in [0.717, 1.165) is 16.0 Å². The number of carboxylic acid groups (broad SMARTS) is 1. The van der Waals surface area contributed by atoms with Gasteiger partial charge in [-0.1, -0.05) is 24.3 Å². The molecular weight excluding hydrogens is 437 g/mol. The molecule has 2 atom stereocenters. The van der Waals surface area contributed by atoms with Crippen molar-refractivity contribution >= 4 is 35.5 Å². The number of aliphatic carboxylic acids is 1. The summed E-state index contributed by atoms with van der Waals surface area (Å²) in [5.74, 6) is -2.73. The van der Waals surface area contributed by atoms with Crippen LogP contribution < -0.4 is 67.5 Å². The Morgan fingerprint density at radius 3 is 2.57 bits per heavy atom. The largest absolute Gasteiger partial charge is 1.00 e. The minimum Gasteiger partial charge on any atom is -0.543 e. The van der Waals surface area contributed by atoms with E-state index < -0.39 is 29.3 Å². The van der Waals surface area contributed by atoms with Crippen molar-refractivity contribution in [2.45, 2.75) is 31.3 Å². The van der Waals surface area contributed by atoms with E-state index in [4.69, 9.17) is 10.5 Å². The van der Waals surface area contributed by atoms with Gasteiger partial charge in [-0.3, -0.25) is 19.3 Å². The maximum atomic E-state index is 12.6. The maximum Gasteiger partial charge on any atom is 1.00 e. The van der Waals surface area contributed by atoms with Gasteiger partial charge in [0.1, 0.15) is 18.0 Å². The zero-order valence-corrected chi connectivity index (χ0v) is 20.6. The number of ether oxygens (including phenoxy) is 1. The molecule has 9 nitrogen and oxygen atoms in total. The summed E-state index contributed by atoms with van der Waals surface area (Å²) in [7, 11) is 0. The third-order valence-electron chi connectivity index (χ3n) is 4.70. The molecule has 3 rings (SSSR count). The van der Waals surface area contributed by atoms with Crippen molar-refractivity contribution in [3.63, 3.8) is 0 Å². The summed E-state index contributed by atoms with van der Waals surface area (Å²) < 4.78 is 4.87. The standard InChI is InChI=1S/C19H21N3O6S.K/c1-10(23)28-8-13-9-29-18-15(17(25)22(18)16(13)19(26)27)21-14(24)6-11-4-2-3-5-12(11)7-20;/h2-5,15,18H,6-9,20H2,1H3,(H,21,24)(H,26,27);/q;+1/p-1/t15-,18+;/m0./s1. The van der Waals surface area contributed by atoms with Crippen LogP contribution in [0.2, 0.25) is 0 Å². The summed E-state index contributed by atoms with van der Waals surface area (Å²) in [6.45, 7) is 1.28. The molecule has 2 aliphatic rings. The van der Waals surface area contributed by atoms with E-state index in [0.29, 0.717) is 6.54 Å². The van der Waals surface area contributed by atoms with Crippen LogP contribution >= 0.6 is 11.8 Å². The number of thioether (sulfide) groups is 1. The SMILES string of the molecule is CC(=O)OCC1=C(C(=O)[O-])N2C(=O)[C@H](NC(=O)Cc3ccccc3CN)[C@H]2SC1.[K+]. The molecule has 2 amide bonds. The fourth-order valence-electron chi connectivity index (χ4n) is 3.30. The Hall–Kier alpha value is -1.21. The Morgan fingerprint density at radius 2 is 1.97 bits per heavy atom. The van der Waals surface area contributed by atoms with Gasteiger partial charge < -0.3 is 25.7 Å².